The minimum atomic E-state index is 0.464. The van der Waals surface area contributed by atoms with Gasteiger partial charge in [-0.05, 0) is 30.2 Å². The number of hydrogen-bond acceptors (Lipinski definition) is 2. The molecule has 2 aromatic rings. The van der Waals surface area contributed by atoms with Crippen molar-refractivity contribution in [1.29, 1.82) is 0 Å². The first-order valence-electron chi connectivity index (χ1n) is 7.27. The maximum absolute atomic E-state index is 6.04. The average molecular weight is 269 g/mol. The highest BCUT2D eigenvalue weighted by molar-refractivity contribution is 5.39. The van der Waals surface area contributed by atoms with Crippen LogP contribution in [0, 0.1) is 0 Å². The number of hydrogen-bond donors (Lipinski definition) is 1. The molecular formula is C18H23NO. The zero-order chi connectivity index (χ0) is 14.4. The second-order valence-electron chi connectivity index (χ2n) is 5.25. The molecule has 0 aromatic heterocycles. The smallest absolute Gasteiger partial charge is 0.131 e. The molecule has 0 bridgehead atoms. The average Bonchev–Trinajstić information content (AvgIpc) is 2.46. The first kappa shape index (κ1) is 14.6. The summed E-state index contributed by atoms with van der Waals surface area (Å²) in [7, 11) is 0. The Labute approximate surface area is 121 Å². The standard InChI is InChI=1S/C18H23NO/c1-4-15-8-7-10-17(12-15)20-18-11-6-5-9-16(18)13-19-14(2)3/h5-12,14,19H,4,13H2,1-3H3. The Morgan fingerprint density at radius 3 is 2.60 bits per heavy atom. The third-order valence-electron chi connectivity index (χ3n) is 3.21. The molecule has 1 N–H and O–H groups in total. The second-order valence-corrected chi connectivity index (χ2v) is 5.25. The Kier molecular flexibility index (Phi) is 5.19. The van der Waals surface area contributed by atoms with Crippen LogP contribution in [0.25, 0.3) is 0 Å². The summed E-state index contributed by atoms with van der Waals surface area (Å²) in [5.74, 6) is 1.83. The van der Waals surface area contributed by atoms with Gasteiger partial charge in [0.2, 0.25) is 0 Å². The van der Waals surface area contributed by atoms with E-state index in [4.69, 9.17) is 4.74 Å². The summed E-state index contributed by atoms with van der Waals surface area (Å²) >= 11 is 0. The largest absolute Gasteiger partial charge is 0.457 e. The van der Waals surface area contributed by atoms with Gasteiger partial charge in [-0.25, -0.2) is 0 Å². The van der Waals surface area contributed by atoms with Crippen LogP contribution >= 0.6 is 0 Å². The third kappa shape index (κ3) is 4.10. The van der Waals surface area contributed by atoms with E-state index in [9.17, 15) is 0 Å². The maximum atomic E-state index is 6.04. The van der Waals surface area contributed by atoms with Crippen molar-refractivity contribution in [2.24, 2.45) is 0 Å². The Morgan fingerprint density at radius 1 is 1.05 bits per heavy atom. The Balaban J connectivity index is 2.15. The van der Waals surface area contributed by atoms with Crippen LogP contribution in [0.4, 0.5) is 0 Å². The van der Waals surface area contributed by atoms with E-state index in [0.29, 0.717) is 6.04 Å². The van der Waals surface area contributed by atoms with Gasteiger partial charge in [-0.1, -0.05) is 51.1 Å². The van der Waals surface area contributed by atoms with E-state index in [1.807, 2.05) is 30.3 Å². The highest BCUT2D eigenvalue weighted by atomic mass is 16.5. The van der Waals surface area contributed by atoms with Crippen molar-refractivity contribution < 1.29 is 4.74 Å². The summed E-state index contributed by atoms with van der Waals surface area (Å²) in [4.78, 5) is 0. The van der Waals surface area contributed by atoms with E-state index in [1.165, 1.54) is 11.1 Å². The van der Waals surface area contributed by atoms with Crippen LogP contribution in [-0.4, -0.2) is 6.04 Å². The summed E-state index contributed by atoms with van der Waals surface area (Å²) in [6, 6.07) is 16.9. The quantitative estimate of drug-likeness (QED) is 0.831. The third-order valence-corrected chi connectivity index (χ3v) is 3.21. The highest BCUT2D eigenvalue weighted by Crippen LogP contribution is 2.26. The molecule has 0 fully saturated rings. The van der Waals surface area contributed by atoms with Crippen molar-refractivity contribution in [1.82, 2.24) is 5.32 Å². The van der Waals surface area contributed by atoms with Crippen LogP contribution in [0.15, 0.2) is 48.5 Å². The Hall–Kier alpha value is -1.80. The van der Waals surface area contributed by atoms with Crippen LogP contribution in [0.1, 0.15) is 31.9 Å². The predicted octanol–water partition coefficient (Wildman–Crippen LogP) is 4.54. The highest BCUT2D eigenvalue weighted by Gasteiger charge is 2.05. The lowest BCUT2D eigenvalue weighted by Gasteiger charge is -2.13. The fraction of sp³-hybridized carbons (Fsp3) is 0.333. The summed E-state index contributed by atoms with van der Waals surface area (Å²) in [6.45, 7) is 7.27. The molecule has 0 aliphatic carbocycles. The van der Waals surface area contributed by atoms with Gasteiger partial charge in [0.25, 0.3) is 0 Å². The van der Waals surface area contributed by atoms with Crippen LogP contribution < -0.4 is 10.1 Å². The molecule has 0 aliphatic rings. The first-order chi connectivity index (χ1) is 9.69. The van der Waals surface area contributed by atoms with Crippen LogP contribution in [-0.2, 0) is 13.0 Å². The van der Waals surface area contributed by atoms with Gasteiger partial charge in [-0.2, -0.15) is 0 Å². The topological polar surface area (TPSA) is 21.3 Å². The van der Waals surface area contributed by atoms with Gasteiger partial charge in [-0.15, -0.1) is 0 Å². The lowest BCUT2D eigenvalue weighted by atomic mass is 10.1. The number of rotatable bonds is 6. The molecule has 0 saturated heterocycles. The van der Waals surface area contributed by atoms with E-state index in [-0.39, 0.29) is 0 Å². The van der Waals surface area contributed by atoms with E-state index < -0.39 is 0 Å². The predicted molar refractivity (Wildman–Crippen MR) is 84.3 cm³/mol. The molecular weight excluding hydrogens is 246 g/mol. The van der Waals surface area contributed by atoms with Crippen molar-refractivity contribution in [3.63, 3.8) is 0 Å². The number of aryl methyl sites for hydroxylation is 1. The van der Waals surface area contributed by atoms with Crippen molar-refractivity contribution in [3.8, 4) is 11.5 Å². The molecule has 20 heavy (non-hydrogen) atoms. The van der Waals surface area contributed by atoms with Crippen molar-refractivity contribution in [2.75, 3.05) is 0 Å². The monoisotopic (exact) mass is 269 g/mol. The lowest BCUT2D eigenvalue weighted by Crippen LogP contribution is -2.22. The number of nitrogens with one attached hydrogen (secondary N) is 1. The van der Waals surface area contributed by atoms with Crippen molar-refractivity contribution >= 4 is 0 Å². The minimum Gasteiger partial charge on any atom is -0.457 e. The van der Waals surface area contributed by atoms with Gasteiger partial charge in [0.1, 0.15) is 11.5 Å². The molecule has 2 rings (SSSR count). The molecule has 0 spiro atoms. The van der Waals surface area contributed by atoms with Crippen LogP contribution in [0.3, 0.4) is 0 Å². The Bertz CT molecular complexity index is 549. The van der Waals surface area contributed by atoms with E-state index in [2.05, 4.69) is 44.3 Å². The zero-order valence-electron chi connectivity index (χ0n) is 12.5. The number of ether oxygens (including phenoxy) is 1. The normalized spacial score (nSPS) is 10.8. The molecule has 0 heterocycles. The summed E-state index contributed by atoms with van der Waals surface area (Å²) in [5, 5.41) is 3.43. The number of para-hydroxylation sites is 1. The molecule has 2 heteroatoms. The summed E-state index contributed by atoms with van der Waals surface area (Å²) in [5.41, 5.74) is 2.48. The zero-order valence-corrected chi connectivity index (χ0v) is 12.5. The molecule has 0 aliphatic heterocycles. The molecule has 0 amide bonds. The van der Waals surface area contributed by atoms with E-state index in [0.717, 1.165) is 24.5 Å². The fourth-order valence-corrected chi connectivity index (χ4v) is 2.02. The van der Waals surface area contributed by atoms with Crippen molar-refractivity contribution in [3.05, 3.63) is 59.7 Å². The van der Waals surface area contributed by atoms with Gasteiger partial charge >= 0.3 is 0 Å². The van der Waals surface area contributed by atoms with Gasteiger partial charge in [0.15, 0.2) is 0 Å². The molecule has 0 saturated carbocycles. The van der Waals surface area contributed by atoms with Crippen LogP contribution in [0.2, 0.25) is 0 Å². The molecule has 0 atom stereocenters. The molecule has 2 nitrogen and oxygen atoms in total. The van der Waals surface area contributed by atoms with Gasteiger partial charge in [-0.3, -0.25) is 0 Å². The van der Waals surface area contributed by atoms with Gasteiger partial charge < -0.3 is 10.1 Å². The summed E-state index contributed by atoms with van der Waals surface area (Å²) in [6.07, 6.45) is 1.02. The fourth-order valence-electron chi connectivity index (χ4n) is 2.02. The number of benzene rings is 2. The first-order valence-corrected chi connectivity index (χ1v) is 7.27. The van der Waals surface area contributed by atoms with Crippen LogP contribution in [0.5, 0.6) is 11.5 Å². The second kappa shape index (κ2) is 7.11. The lowest BCUT2D eigenvalue weighted by molar-refractivity contribution is 0.469. The maximum Gasteiger partial charge on any atom is 0.131 e. The summed E-state index contributed by atoms with van der Waals surface area (Å²) < 4.78 is 6.04. The molecule has 0 radical (unpaired) electrons. The van der Waals surface area contributed by atoms with E-state index in [1.54, 1.807) is 0 Å². The van der Waals surface area contributed by atoms with Crippen molar-refractivity contribution in [2.45, 2.75) is 39.8 Å². The SMILES string of the molecule is CCc1cccc(Oc2ccccc2CNC(C)C)c1. The molecule has 2 aromatic carbocycles. The minimum absolute atomic E-state index is 0.464. The van der Waals surface area contributed by atoms with E-state index >= 15 is 0 Å². The van der Waals surface area contributed by atoms with Gasteiger partial charge in [0.05, 0.1) is 0 Å². The molecule has 0 unspecified atom stereocenters. The van der Waals surface area contributed by atoms with Gasteiger partial charge in [0, 0.05) is 18.2 Å². The Morgan fingerprint density at radius 2 is 1.85 bits per heavy atom. The molecule has 106 valence electrons.